The normalized spacial score (nSPS) is 10.6. The number of ether oxygens (including phenoxy) is 3. The minimum absolute atomic E-state index is 0.0135. The second-order valence-corrected chi connectivity index (χ2v) is 6.54. The molecule has 0 heterocycles. The van der Waals surface area contributed by atoms with Gasteiger partial charge in [0.05, 0.1) is 6.10 Å². The van der Waals surface area contributed by atoms with Crippen molar-refractivity contribution >= 4 is 11.8 Å². The Morgan fingerprint density at radius 2 is 1.14 bits per heavy atom. The maximum Gasteiger partial charge on any atom is 0.332 e. The van der Waals surface area contributed by atoms with Gasteiger partial charge in [-0.15, -0.1) is 26.3 Å². The molecule has 0 fully saturated rings. The van der Waals surface area contributed by atoms with E-state index >= 15 is 0 Å². The average molecular weight is 393 g/mol. The van der Waals surface area contributed by atoms with Gasteiger partial charge in [-0.3, -0.25) is 4.79 Å². The zero-order valence-electron chi connectivity index (χ0n) is 17.1. The highest BCUT2D eigenvalue weighted by atomic mass is 16.6. The van der Waals surface area contributed by atoms with Crippen LogP contribution in [0.25, 0.3) is 0 Å². The van der Waals surface area contributed by atoms with Crippen molar-refractivity contribution in [3.05, 3.63) is 50.6 Å². The second-order valence-electron chi connectivity index (χ2n) is 6.54. The van der Waals surface area contributed by atoms with E-state index < -0.39 is 5.97 Å². The fraction of sp³-hybridized carbons (Fsp3) is 0.565. The minimum Gasteiger partial charge on any atom is -0.461 e. The molecule has 0 aromatic carbocycles. The van der Waals surface area contributed by atoms with Gasteiger partial charge < -0.3 is 14.2 Å². The van der Waals surface area contributed by atoms with E-state index in [0.717, 1.165) is 38.5 Å². The zero-order valence-corrected chi connectivity index (χ0v) is 17.1. The van der Waals surface area contributed by atoms with Gasteiger partial charge in [0.1, 0.15) is 25.9 Å². The Labute approximate surface area is 170 Å². The van der Waals surface area contributed by atoms with Crippen LogP contribution >= 0.6 is 0 Å². The third-order valence-electron chi connectivity index (χ3n) is 4.03. The van der Waals surface area contributed by atoms with Gasteiger partial charge in [-0.25, -0.2) is 4.79 Å². The number of hydrogen-bond donors (Lipinski definition) is 0. The van der Waals surface area contributed by atoms with Crippen LogP contribution in [-0.4, -0.2) is 43.8 Å². The fourth-order valence-corrected chi connectivity index (χ4v) is 2.51. The highest BCUT2D eigenvalue weighted by molar-refractivity contribution is 5.81. The molecule has 0 aliphatic carbocycles. The van der Waals surface area contributed by atoms with Crippen molar-refractivity contribution in [3.63, 3.8) is 0 Å². The van der Waals surface area contributed by atoms with Crippen molar-refractivity contribution in [2.45, 2.75) is 63.6 Å². The number of Topliss-reactive ketones (excluding diaryl/α,β-unsaturated/α-hetero) is 1. The number of allylic oxidation sites excluding steroid dienone is 4. The Balaban J connectivity index is 4.12. The molecule has 5 heteroatoms. The van der Waals surface area contributed by atoms with Gasteiger partial charge in [-0.05, 0) is 51.4 Å². The number of carbonyl (C=O) groups excluding carboxylic acids is 2. The third kappa shape index (κ3) is 15.1. The maximum absolute atomic E-state index is 11.9. The number of carbonyl (C=O) groups is 2. The lowest BCUT2D eigenvalue weighted by molar-refractivity contribution is -0.156. The van der Waals surface area contributed by atoms with E-state index in [1.54, 1.807) is 12.2 Å². The molecule has 0 amide bonds. The topological polar surface area (TPSA) is 61.8 Å². The quantitative estimate of drug-likeness (QED) is 0.221. The molecule has 0 rings (SSSR count). The number of hydrogen-bond acceptors (Lipinski definition) is 5. The van der Waals surface area contributed by atoms with E-state index in [4.69, 9.17) is 14.2 Å². The highest BCUT2D eigenvalue weighted by Gasteiger charge is 2.15. The Morgan fingerprint density at radius 1 is 0.679 bits per heavy atom. The summed E-state index contributed by atoms with van der Waals surface area (Å²) in [5, 5.41) is 0. The molecule has 0 radical (unpaired) electrons. The van der Waals surface area contributed by atoms with Crippen molar-refractivity contribution in [2.24, 2.45) is 0 Å². The summed E-state index contributed by atoms with van der Waals surface area (Å²) in [6, 6.07) is 0. The van der Waals surface area contributed by atoms with Crippen LogP contribution in [0.5, 0.6) is 0 Å². The van der Waals surface area contributed by atoms with Crippen LogP contribution < -0.4 is 0 Å². The zero-order chi connectivity index (χ0) is 21.0. The molecule has 0 saturated heterocycles. The molecule has 0 unspecified atom stereocenters. The monoisotopic (exact) mass is 392 g/mol. The van der Waals surface area contributed by atoms with Gasteiger partial charge in [0, 0.05) is 0 Å². The van der Waals surface area contributed by atoms with Crippen molar-refractivity contribution < 1.29 is 23.8 Å². The smallest absolute Gasteiger partial charge is 0.332 e. The SMILES string of the molecule is C=CCCC(CCC=C)OCC(=O)COCC(=O)OC(CCC=C)CCC=C. The summed E-state index contributed by atoms with van der Waals surface area (Å²) in [6.07, 6.45) is 13.3. The molecule has 0 atom stereocenters. The molecule has 0 aromatic rings. The number of ketones is 1. The van der Waals surface area contributed by atoms with Gasteiger partial charge in [0.2, 0.25) is 0 Å². The van der Waals surface area contributed by atoms with Crippen LogP contribution in [-0.2, 0) is 23.8 Å². The predicted octanol–water partition coefficient (Wildman–Crippen LogP) is 4.73. The fourth-order valence-electron chi connectivity index (χ4n) is 2.51. The van der Waals surface area contributed by atoms with Crippen molar-refractivity contribution in [1.29, 1.82) is 0 Å². The average Bonchev–Trinajstić information content (AvgIpc) is 2.69. The van der Waals surface area contributed by atoms with Gasteiger partial charge in [0.25, 0.3) is 0 Å². The van der Waals surface area contributed by atoms with Gasteiger partial charge in [0.15, 0.2) is 5.78 Å². The van der Waals surface area contributed by atoms with Crippen LogP contribution in [0.4, 0.5) is 0 Å². The summed E-state index contributed by atoms with van der Waals surface area (Å²) in [5.41, 5.74) is 0. The molecule has 5 nitrogen and oxygen atoms in total. The lowest BCUT2D eigenvalue weighted by atomic mass is 10.1. The van der Waals surface area contributed by atoms with Crippen molar-refractivity contribution in [3.8, 4) is 0 Å². The minimum atomic E-state index is -0.471. The van der Waals surface area contributed by atoms with Crippen LogP contribution in [0.1, 0.15) is 51.4 Å². The molecule has 28 heavy (non-hydrogen) atoms. The molecule has 0 bridgehead atoms. The molecule has 0 aromatic heterocycles. The lowest BCUT2D eigenvalue weighted by Gasteiger charge is -2.17. The van der Waals surface area contributed by atoms with Crippen LogP contribution in [0.2, 0.25) is 0 Å². The Bertz CT molecular complexity index is 459. The van der Waals surface area contributed by atoms with E-state index in [1.165, 1.54) is 0 Å². The molecule has 0 aliphatic heterocycles. The molecule has 0 saturated carbocycles. The van der Waals surface area contributed by atoms with E-state index in [-0.39, 0.29) is 37.8 Å². The first-order chi connectivity index (χ1) is 13.6. The van der Waals surface area contributed by atoms with Gasteiger partial charge >= 0.3 is 5.97 Å². The Morgan fingerprint density at radius 3 is 1.61 bits per heavy atom. The largest absolute Gasteiger partial charge is 0.461 e. The van der Waals surface area contributed by atoms with Crippen molar-refractivity contribution in [1.82, 2.24) is 0 Å². The van der Waals surface area contributed by atoms with E-state index in [2.05, 4.69) is 26.3 Å². The molecular weight excluding hydrogens is 356 g/mol. The molecule has 0 aliphatic rings. The standard InChI is InChI=1S/C23H36O5/c1-5-9-13-21(14-10-6-2)27-18-20(24)17-26-19-23(25)28-22(15-11-7-3)16-12-8-4/h5-8,21-22H,1-4,9-19H2. The predicted molar refractivity (Wildman–Crippen MR) is 113 cm³/mol. The lowest BCUT2D eigenvalue weighted by Crippen LogP contribution is -2.25. The summed E-state index contributed by atoms with van der Waals surface area (Å²) in [7, 11) is 0. The highest BCUT2D eigenvalue weighted by Crippen LogP contribution is 2.12. The van der Waals surface area contributed by atoms with Crippen molar-refractivity contribution in [2.75, 3.05) is 19.8 Å². The summed E-state index contributed by atoms with van der Waals surface area (Å²) >= 11 is 0. The maximum atomic E-state index is 11.9. The van der Waals surface area contributed by atoms with Crippen LogP contribution in [0, 0.1) is 0 Å². The summed E-state index contributed by atoms with van der Waals surface area (Å²) in [5.74, 6) is -0.674. The van der Waals surface area contributed by atoms with Crippen LogP contribution in [0.15, 0.2) is 50.6 Å². The van der Waals surface area contributed by atoms with E-state index in [0.29, 0.717) is 12.8 Å². The Kier molecular flexibility index (Phi) is 17.1. The first-order valence-corrected chi connectivity index (χ1v) is 9.91. The van der Waals surface area contributed by atoms with Gasteiger partial charge in [-0.1, -0.05) is 24.3 Å². The summed E-state index contributed by atoms with van der Waals surface area (Å²) < 4.78 is 16.2. The number of esters is 1. The third-order valence-corrected chi connectivity index (χ3v) is 4.03. The van der Waals surface area contributed by atoms with Gasteiger partial charge in [-0.2, -0.15) is 0 Å². The Hall–Kier alpha value is -1.98. The number of rotatable bonds is 20. The molecule has 158 valence electrons. The first-order valence-electron chi connectivity index (χ1n) is 9.91. The van der Waals surface area contributed by atoms with E-state index in [1.807, 2.05) is 12.2 Å². The van der Waals surface area contributed by atoms with Crippen LogP contribution in [0.3, 0.4) is 0 Å². The molecule has 0 N–H and O–H groups in total. The second kappa shape index (κ2) is 18.4. The summed E-state index contributed by atoms with van der Waals surface area (Å²) in [6.45, 7) is 14.3. The molecular formula is C23H36O5. The summed E-state index contributed by atoms with van der Waals surface area (Å²) in [4.78, 5) is 23.8. The first kappa shape index (κ1) is 26.0. The van der Waals surface area contributed by atoms with E-state index in [9.17, 15) is 9.59 Å². The molecule has 0 spiro atoms.